The third-order valence-corrected chi connectivity index (χ3v) is 2.85. The predicted octanol–water partition coefficient (Wildman–Crippen LogP) is 3.86. The van der Waals surface area contributed by atoms with Crippen LogP contribution >= 0.6 is 0 Å². The molecule has 0 radical (unpaired) electrons. The average Bonchev–Trinajstić information content (AvgIpc) is 2.80. The Morgan fingerprint density at radius 1 is 1.11 bits per heavy atom. The van der Waals surface area contributed by atoms with Gasteiger partial charge in [0, 0.05) is 17.0 Å². The number of hydrogen-bond acceptors (Lipinski definition) is 3. The van der Waals surface area contributed by atoms with Crippen molar-refractivity contribution in [1.29, 1.82) is 0 Å². The molecule has 0 unspecified atom stereocenters. The molecule has 4 heteroatoms. The van der Waals surface area contributed by atoms with Crippen LogP contribution in [0.5, 0.6) is 11.5 Å². The number of phenolic OH excluding ortho intramolecular Hbond substituents is 1. The number of halogens is 1. The first-order valence-corrected chi connectivity index (χ1v) is 5.80. The number of phenols is 1. The lowest BCUT2D eigenvalue weighted by Crippen LogP contribution is -1.94. The molecular weight excluding hydrogens is 247 g/mol. The zero-order chi connectivity index (χ0) is 13.2. The van der Waals surface area contributed by atoms with Crippen molar-refractivity contribution in [3.8, 4) is 11.5 Å². The molecule has 3 nitrogen and oxygen atoms in total. The van der Waals surface area contributed by atoms with E-state index in [1.807, 2.05) is 0 Å². The number of rotatable bonds is 3. The van der Waals surface area contributed by atoms with Gasteiger partial charge in [0.2, 0.25) is 0 Å². The topological polar surface area (TPSA) is 42.6 Å². The van der Waals surface area contributed by atoms with E-state index >= 15 is 0 Å². The zero-order valence-corrected chi connectivity index (χ0v) is 9.97. The molecule has 0 fully saturated rings. The summed E-state index contributed by atoms with van der Waals surface area (Å²) in [4.78, 5) is 0. The van der Waals surface area contributed by atoms with Gasteiger partial charge in [0.25, 0.3) is 0 Å². The lowest BCUT2D eigenvalue weighted by molar-refractivity contribution is 0.305. The highest BCUT2D eigenvalue weighted by molar-refractivity contribution is 5.82. The summed E-state index contributed by atoms with van der Waals surface area (Å²) in [5.74, 6) is 0.457. The minimum atomic E-state index is -0.295. The van der Waals surface area contributed by atoms with E-state index in [1.165, 1.54) is 12.1 Å². The van der Waals surface area contributed by atoms with Crippen LogP contribution in [0.15, 0.2) is 53.1 Å². The van der Waals surface area contributed by atoms with Gasteiger partial charge in [-0.2, -0.15) is 0 Å². The third-order valence-electron chi connectivity index (χ3n) is 2.85. The molecule has 0 aliphatic rings. The first-order chi connectivity index (χ1) is 9.22. The molecule has 0 spiro atoms. The zero-order valence-electron chi connectivity index (χ0n) is 9.97. The monoisotopic (exact) mass is 258 g/mol. The van der Waals surface area contributed by atoms with Crippen molar-refractivity contribution in [2.75, 3.05) is 0 Å². The fourth-order valence-electron chi connectivity index (χ4n) is 1.88. The first kappa shape index (κ1) is 11.6. The fraction of sp³-hybridized carbons (Fsp3) is 0.0667. The van der Waals surface area contributed by atoms with Gasteiger partial charge in [-0.1, -0.05) is 0 Å². The van der Waals surface area contributed by atoms with Crippen molar-refractivity contribution in [2.24, 2.45) is 0 Å². The van der Waals surface area contributed by atoms with E-state index in [9.17, 15) is 9.50 Å². The van der Waals surface area contributed by atoms with Crippen LogP contribution in [0.3, 0.4) is 0 Å². The molecule has 1 heterocycles. The number of hydrogen-bond donors (Lipinski definition) is 1. The second-order valence-corrected chi connectivity index (χ2v) is 4.18. The maximum Gasteiger partial charge on any atom is 0.137 e. The van der Waals surface area contributed by atoms with E-state index in [-0.39, 0.29) is 11.6 Å². The van der Waals surface area contributed by atoms with E-state index in [0.717, 1.165) is 10.9 Å². The van der Waals surface area contributed by atoms with Crippen LogP contribution in [-0.2, 0) is 6.61 Å². The maximum atomic E-state index is 12.8. The van der Waals surface area contributed by atoms with Gasteiger partial charge in [0.1, 0.15) is 29.5 Å². The van der Waals surface area contributed by atoms with Crippen molar-refractivity contribution in [3.63, 3.8) is 0 Å². The summed E-state index contributed by atoms with van der Waals surface area (Å²) in [6.45, 7) is 0.323. The summed E-state index contributed by atoms with van der Waals surface area (Å²) in [5.41, 5.74) is 1.48. The summed E-state index contributed by atoms with van der Waals surface area (Å²) >= 11 is 0. The second kappa shape index (κ2) is 4.65. The summed E-state index contributed by atoms with van der Waals surface area (Å²) in [6, 6.07) is 10.8. The molecule has 0 aliphatic heterocycles. The van der Waals surface area contributed by atoms with Gasteiger partial charge in [0.15, 0.2) is 0 Å². The van der Waals surface area contributed by atoms with Crippen molar-refractivity contribution >= 4 is 11.0 Å². The van der Waals surface area contributed by atoms with Crippen molar-refractivity contribution in [2.45, 2.75) is 6.61 Å². The van der Waals surface area contributed by atoms with E-state index in [2.05, 4.69) is 0 Å². The van der Waals surface area contributed by atoms with Gasteiger partial charge < -0.3 is 14.3 Å². The van der Waals surface area contributed by atoms with E-state index < -0.39 is 0 Å². The van der Waals surface area contributed by atoms with Gasteiger partial charge in [-0.15, -0.1) is 0 Å². The standard InChI is InChI=1S/C15H11FO3/c16-11-1-4-13(5-2-11)18-8-10-9-19-15-7-12(17)3-6-14(10)15/h1-7,9,17H,8H2. The SMILES string of the molecule is Oc1ccc2c(COc3ccc(F)cc3)coc2c1. The van der Waals surface area contributed by atoms with Gasteiger partial charge in [-0.25, -0.2) is 4.39 Å². The van der Waals surface area contributed by atoms with Crippen LogP contribution in [0.1, 0.15) is 5.56 Å². The number of benzene rings is 2. The smallest absolute Gasteiger partial charge is 0.137 e. The molecule has 0 amide bonds. The fourth-order valence-corrected chi connectivity index (χ4v) is 1.88. The summed E-state index contributed by atoms with van der Waals surface area (Å²) < 4.78 is 23.6. The Balaban J connectivity index is 1.80. The number of furan rings is 1. The van der Waals surface area contributed by atoms with Crippen molar-refractivity contribution in [1.82, 2.24) is 0 Å². The first-order valence-electron chi connectivity index (χ1n) is 5.80. The van der Waals surface area contributed by atoms with Crippen molar-refractivity contribution < 1.29 is 18.7 Å². The molecule has 3 rings (SSSR count). The Morgan fingerprint density at radius 3 is 2.68 bits per heavy atom. The lowest BCUT2D eigenvalue weighted by atomic mass is 10.2. The van der Waals surface area contributed by atoms with Gasteiger partial charge in [-0.3, -0.25) is 0 Å². The van der Waals surface area contributed by atoms with Crippen LogP contribution in [0.25, 0.3) is 11.0 Å². The molecule has 0 aliphatic carbocycles. The van der Waals surface area contributed by atoms with Crippen molar-refractivity contribution in [3.05, 3.63) is 60.1 Å². The Labute approximate surface area is 108 Å². The minimum absolute atomic E-state index is 0.160. The highest BCUT2D eigenvalue weighted by Crippen LogP contribution is 2.26. The highest BCUT2D eigenvalue weighted by atomic mass is 19.1. The van der Waals surface area contributed by atoms with Gasteiger partial charge >= 0.3 is 0 Å². The molecule has 2 aromatic carbocycles. The average molecular weight is 258 g/mol. The molecule has 1 aromatic heterocycles. The molecule has 0 atom stereocenters. The summed E-state index contributed by atoms with van der Waals surface area (Å²) in [7, 11) is 0. The molecule has 19 heavy (non-hydrogen) atoms. The van der Waals surface area contributed by atoms with E-state index in [0.29, 0.717) is 17.9 Å². The number of fused-ring (bicyclic) bond motifs is 1. The second-order valence-electron chi connectivity index (χ2n) is 4.18. The molecule has 96 valence electrons. The van der Waals surface area contributed by atoms with Gasteiger partial charge in [0.05, 0.1) is 6.26 Å². The van der Waals surface area contributed by atoms with Crippen LogP contribution in [0, 0.1) is 5.82 Å². The van der Waals surface area contributed by atoms with E-state index in [1.54, 1.807) is 36.6 Å². The van der Waals surface area contributed by atoms with Crippen LogP contribution < -0.4 is 4.74 Å². The Hall–Kier alpha value is -2.49. The number of aromatic hydroxyl groups is 1. The Morgan fingerprint density at radius 2 is 1.89 bits per heavy atom. The summed E-state index contributed by atoms with van der Waals surface area (Å²) in [6.07, 6.45) is 1.59. The Kier molecular flexibility index (Phi) is 2.83. The molecule has 0 saturated carbocycles. The number of ether oxygens (including phenoxy) is 1. The quantitative estimate of drug-likeness (QED) is 0.775. The molecule has 1 N–H and O–H groups in total. The molecule has 0 saturated heterocycles. The van der Waals surface area contributed by atoms with Crippen LogP contribution in [0.4, 0.5) is 4.39 Å². The lowest BCUT2D eigenvalue weighted by Gasteiger charge is -2.04. The van der Waals surface area contributed by atoms with Crippen LogP contribution in [0.2, 0.25) is 0 Å². The highest BCUT2D eigenvalue weighted by Gasteiger charge is 2.07. The van der Waals surface area contributed by atoms with Gasteiger partial charge in [-0.05, 0) is 36.4 Å². The Bertz CT molecular complexity index is 701. The minimum Gasteiger partial charge on any atom is -0.508 e. The van der Waals surface area contributed by atoms with E-state index in [4.69, 9.17) is 9.15 Å². The predicted molar refractivity (Wildman–Crippen MR) is 68.6 cm³/mol. The molecular formula is C15H11FO3. The largest absolute Gasteiger partial charge is 0.508 e. The maximum absolute atomic E-state index is 12.8. The van der Waals surface area contributed by atoms with Crippen LogP contribution in [-0.4, -0.2) is 5.11 Å². The summed E-state index contributed by atoms with van der Waals surface area (Å²) in [5, 5.41) is 10.2. The third kappa shape index (κ3) is 2.38. The molecule has 0 bridgehead atoms. The molecule has 3 aromatic rings. The normalized spacial score (nSPS) is 10.8.